The number of carbonyl (C=O) groups excluding carboxylic acids is 1. The van der Waals surface area contributed by atoms with Crippen LogP contribution in [0.15, 0.2) is 24.3 Å². The molecular formula is C16H25N3O. The predicted molar refractivity (Wildman–Crippen MR) is 82.5 cm³/mol. The van der Waals surface area contributed by atoms with Crippen molar-refractivity contribution in [2.24, 2.45) is 0 Å². The van der Waals surface area contributed by atoms with E-state index in [2.05, 4.69) is 17.3 Å². The number of benzene rings is 1. The standard InChI is InChI=1S/C16H25N3O/c1-19(14-7-3-4-8-14)11-10-18-16(20)12-13-6-2-5-9-15(13)17/h2,5-6,9,14H,3-4,7-8,10-12,17H2,1H3,(H,18,20). The second-order valence-electron chi connectivity index (χ2n) is 5.64. The zero-order valence-electron chi connectivity index (χ0n) is 12.3. The normalized spacial score (nSPS) is 15.7. The lowest BCUT2D eigenvalue weighted by atomic mass is 10.1. The minimum absolute atomic E-state index is 0.0442. The Morgan fingerprint density at radius 3 is 2.75 bits per heavy atom. The highest BCUT2D eigenvalue weighted by molar-refractivity contribution is 5.80. The van der Waals surface area contributed by atoms with E-state index in [0.717, 1.165) is 12.1 Å². The lowest BCUT2D eigenvalue weighted by Crippen LogP contribution is -2.37. The van der Waals surface area contributed by atoms with Crippen molar-refractivity contribution >= 4 is 11.6 Å². The smallest absolute Gasteiger partial charge is 0.224 e. The summed E-state index contributed by atoms with van der Waals surface area (Å²) in [7, 11) is 2.15. The Bertz CT molecular complexity index is 441. The highest BCUT2D eigenvalue weighted by Crippen LogP contribution is 2.21. The molecule has 0 radical (unpaired) electrons. The fourth-order valence-corrected chi connectivity index (χ4v) is 2.83. The molecule has 1 aliphatic rings. The first-order valence-corrected chi connectivity index (χ1v) is 7.47. The third-order valence-electron chi connectivity index (χ3n) is 4.14. The molecule has 1 aliphatic carbocycles. The Kier molecular flexibility index (Phi) is 5.41. The number of nitrogens with one attached hydrogen (secondary N) is 1. The minimum atomic E-state index is 0.0442. The van der Waals surface area contributed by atoms with Crippen LogP contribution in [0.4, 0.5) is 5.69 Å². The number of amides is 1. The molecule has 20 heavy (non-hydrogen) atoms. The summed E-state index contributed by atoms with van der Waals surface area (Å²) in [5.41, 5.74) is 7.42. The first kappa shape index (κ1) is 14.9. The number of hydrogen-bond donors (Lipinski definition) is 2. The van der Waals surface area contributed by atoms with Gasteiger partial charge in [-0.25, -0.2) is 0 Å². The lowest BCUT2D eigenvalue weighted by molar-refractivity contribution is -0.120. The van der Waals surface area contributed by atoms with E-state index in [-0.39, 0.29) is 5.91 Å². The Morgan fingerprint density at radius 1 is 1.35 bits per heavy atom. The van der Waals surface area contributed by atoms with E-state index in [1.54, 1.807) is 0 Å². The largest absolute Gasteiger partial charge is 0.398 e. The first-order chi connectivity index (χ1) is 9.66. The number of rotatable bonds is 6. The van der Waals surface area contributed by atoms with Gasteiger partial charge in [-0.2, -0.15) is 0 Å². The van der Waals surface area contributed by atoms with Gasteiger partial charge >= 0.3 is 0 Å². The number of nitrogens with two attached hydrogens (primary N) is 1. The van der Waals surface area contributed by atoms with Crippen LogP contribution in [-0.2, 0) is 11.2 Å². The van der Waals surface area contributed by atoms with Crippen molar-refractivity contribution in [3.63, 3.8) is 0 Å². The number of para-hydroxylation sites is 1. The molecule has 1 amide bonds. The summed E-state index contributed by atoms with van der Waals surface area (Å²) in [4.78, 5) is 14.2. The monoisotopic (exact) mass is 275 g/mol. The van der Waals surface area contributed by atoms with Crippen LogP contribution >= 0.6 is 0 Å². The van der Waals surface area contributed by atoms with E-state index >= 15 is 0 Å². The summed E-state index contributed by atoms with van der Waals surface area (Å²) in [6.45, 7) is 1.62. The molecule has 0 saturated heterocycles. The number of anilines is 1. The van der Waals surface area contributed by atoms with Gasteiger partial charge in [0.1, 0.15) is 0 Å². The van der Waals surface area contributed by atoms with Gasteiger partial charge in [0, 0.05) is 24.8 Å². The molecule has 4 nitrogen and oxygen atoms in total. The Balaban J connectivity index is 1.69. The van der Waals surface area contributed by atoms with Gasteiger partial charge in [-0.3, -0.25) is 4.79 Å². The maximum atomic E-state index is 11.9. The van der Waals surface area contributed by atoms with Crippen molar-refractivity contribution in [2.75, 3.05) is 25.9 Å². The Labute approximate surface area is 121 Å². The molecule has 110 valence electrons. The Hall–Kier alpha value is -1.55. The molecule has 3 N–H and O–H groups in total. The molecule has 1 aromatic carbocycles. The van der Waals surface area contributed by atoms with Gasteiger partial charge in [0.2, 0.25) is 5.91 Å². The molecule has 0 bridgehead atoms. The van der Waals surface area contributed by atoms with E-state index in [1.807, 2.05) is 24.3 Å². The van der Waals surface area contributed by atoms with Crippen molar-refractivity contribution in [3.8, 4) is 0 Å². The lowest BCUT2D eigenvalue weighted by Gasteiger charge is -2.23. The average molecular weight is 275 g/mol. The van der Waals surface area contributed by atoms with Crippen LogP contribution in [0.3, 0.4) is 0 Å². The summed E-state index contributed by atoms with van der Waals surface area (Å²) < 4.78 is 0. The number of likely N-dealkylation sites (N-methyl/N-ethyl adjacent to an activating group) is 1. The van der Waals surface area contributed by atoms with Gasteiger partial charge in [0.25, 0.3) is 0 Å². The second-order valence-corrected chi connectivity index (χ2v) is 5.64. The molecule has 1 fully saturated rings. The maximum absolute atomic E-state index is 11.9. The van der Waals surface area contributed by atoms with Gasteiger partial charge in [0.05, 0.1) is 6.42 Å². The number of hydrogen-bond acceptors (Lipinski definition) is 3. The van der Waals surface area contributed by atoms with Gasteiger partial charge in [-0.15, -0.1) is 0 Å². The van der Waals surface area contributed by atoms with E-state index in [0.29, 0.717) is 24.7 Å². The summed E-state index contributed by atoms with van der Waals surface area (Å²) in [6, 6.07) is 8.23. The quantitative estimate of drug-likeness (QED) is 0.778. The molecule has 0 spiro atoms. The van der Waals surface area contributed by atoms with Crippen molar-refractivity contribution in [3.05, 3.63) is 29.8 Å². The zero-order chi connectivity index (χ0) is 14.4. The zero-order valence-corrected chi connectivity index (χ0v) is 12.3. The van der Waals surface area contributed by atoms with E-state index < -0.39 is 0 Å². The summed E-state index contributed by atoms with van der Waals surface area (Å²) in [6.07, 6.45) is 5.64. The predicted octanol–water partition coefficient (Wildman–Crippen LogP) is 1.80. The summed E-state index contributed by atoms with van der Waals surface area (Å²) in [5, 5.41) is 2.98. The SMILES string of the molecule is CN(CCNC(=O)Cc1ccccc1N)C1CCCC1. The topological polar surface area (TPSA) is 58.4 Å². The summed E-state index contributed by atoms with van der Waals surface area (Å²) in [5.74, 6) is 0.0442. The van der Waals surface area contributed by atoms with Crippen LogP contribution in [0.1, 0.15) is 31.2 Å². The van der Waals surface area contributed by atoms with Crippen LogP contribution < -0.4 is 11.1 Å². The molecule has 1 aromatic rings. The van der Waals surface area contributed by atoms with Crippen molar-refractivity contribution in [1.29, 1.82) is 0 Å². The van der Waals surface area contributed by atoms with Crippen LogP contribution in [-0.4, -0.2) is 37.0 Å². The minimum Gasteiger partial charge on any atom is -0.398 e. The molecule has 0 heterocycles. The molecular weight excluding hydrogens is 250 g/mol. The fraction of sp³-hybridized carbons (Fsp3) is 0.562. The maximum Gasteiger partial charge on any atom is 0.224 e. The molecule has 4 heteroatoms. The van der Waals surface area contributed by atoms with Gasteiger partial charge in [-0.05, 0) is 31.5 Å². The molecule has 1 saturated carbocycles. The van der Waals surface area contributed by atoms with Crippen molar-refractivity contribution in [2.45, 2.75) is 38.1 Å². The van der Waals surface area contributed by atoms with Crippen LogP contribution in [0.5, 0.6) is 0 Å². The second kappa shape index (κ2) is 7.29. The fourth-order valence-electron chi connectivity index (χ4n) is 2.83. The summed E-state index contributed by atoms with van der Waals surface area (Å²) >= 11 is 0. The molecule has 0 atom stereocenters. The number of nitrogen functional groups attached to an aromatic ring is 1. The van der Waals surface area contributed by atoms with E-state index in [1.165, 1.54) is 25.7 Å². The van der Waals surface area contributed by atoms with Gasteiger partial charge in [-0.1, -0.05) is 31.0 Å². The third kappa shape index (κ3) is 4.23. The third-order valence-corrected chi connectivity index (χ3v) is 4.14. The highest BCUT2D eigenvalue weighted by atomic mass is 16.1. The van der Waals surface area contributed by atoms with E-state index in [4.69, 9.17) is 5.73 Å². The number of carbonyl (C=O) groups is 1. The molecule has 0 unspecified atom stereocenters. The molecule has 0 aromatic heterocycles. The first-order valence-electron chi connectivity index (χ1n) is 7.47. The van der Waals surface area contributed by atoms with Crippen LogP contribution in [0.25, 0.3) is 0 Å². The molecule has 2 rings (SSSR count). The van der Waals surface area contributed by atoms with E-state index in [9.17, 15) is 4.79 Å². The highest BCUT2D eigenvalue weighted by Gasteiger charge is 2.18. The van der Waals surface area contributed by atoms with Crippen LogP contribution in [0, 0.1) is 0 Å². The number of nitrogens with zero attached hydrogens (tertiary/aromatic N) is 1. The van der Waals surface area contributed by atoms with Crippen molar-refractivity contribution in [1.82, 2.24) is 10.2 Å². The average Bonchev–Trinajstić information content (AvgIpc) is 2.95. The van der Waals surface area contributed by atoms with Gasteiger partial charge in [0.15, 0.2) is 0 Å². The molecule has 0 aliphatic heterocycles. The van der Waals surface area contributed by atoms with Crippen molar-refractivity contribution < 1.29 is 4.79 Å². The Morgan fingerprint density at radius 2 is 2.05 bits per heavy atom. The van der Waals surface area contributed by atoms with Gasteiger partial charge < -0.3 is 16.0 Å². The van der Waals surface area contributed by atoms with Crippen LogP contribution in [0.2, 0.25) is 0 Å².